The second-order valence-corrected chi connectivity index (χ2v) is 5.36. The molecule has 1 saturated carbocycles. The summed E-state index contributed by atoms with van der Waals surface area (Å²) < 4.78 is 0. The number of hydrogen-bond donors (Lipinski definition) is 2. The van der Waals surface area contributed by atoms with Crippen molar-refractivity contribution in [1.82, 2.24) is 10.3 Å². The van der Waals surface area contributed by atoms with Gasteiger partial charge >= 0.3 is 0 Å². The van der Waals surface area contributed by atoms with Gasteiger partial charge in [-0.25, -0.2) is 0 Å². The first kappa shape index (κ1) is 10.7. The number of H-pyrrole nitrogens is 1. The fraction of sp³-hybridized carbons (Fsp3) is 0.692. The lowest BCUT2D eigenvalue weighted by atomic mass is 9.73. The van der Waals surface area contributed by atoms with Gasteiger partial charge in [-0.1, -0.05) is 26.7 Å². The standard InChI is InChI=1S/C13H22N2/c1-13(2)8-4-3-7-12(13)15-10-11-6-5-9-14-11/h5-6,9,12,14-15H,3-4,7-8,10H2,1-2H3. The molecule has 1 aliphatic rings. The third kappa shape index (κ3) is 2.63. The molecule has 0 saturated heterocycles. The summed E-state index contributed by atoms with van der Waals surface area (Å²) in [5.41, 5.74) is 1.75. The zero-order valence-corrected chi connectivity index (χ0v) is 9.84. The van der Waals surface area contributed by atoms with Crippen molar-refractivity contribution >= 4 is 0 Å². The Morgan fingerprint density at radius 3 is 3.00 bits per heavy atom. The summed E-state index contributed by atoms with van der Waals surface area (Å²) in [6.07, 6.45) is 7.45. The minimum Gasteiger partial charge on any atom is -0.364 e. The van der Waals surface area contributed by atoms with Crippen LogP contribution in [0.25, 0.3) is 0 Å². The third-order valence-corrected chi connectivity index (χ3v) is 3.71. The molecule has 1 aromatic rings. The van der Waals surface area contributed by atoms with Crippen molar-refractivity contribution in [1.29, 1.82) is 0 Å². The highest BCUT2D eigenvalue weighted by Crippen LogP contribution is 2.35. The molecule has 1 aromatic heterocycles. The number of aromatic nitrogens is 1. The summed E-state index contributed by atoms with van der Waals surface area (Å²) in [5.74, 6) is 0. The number of rotatable bonds is 3. The Morgan fingerprint density at radius 2 is 2.33 bits per heavy atom. The van der Waals surface area contributed by atoms with Gasteiger partial charge in [0.2, 0.25) is 0 Å². The van der Waals surface area contributed by atoms with Crippen LogP contribution in [0.5, 0.6) is 0 Å². The molecule has 2 nitrogen and oxygen atoms in total. The average molecular weight is 206 g/mol. The van der Waals surface area contributed by atoms with Crippen molar-refractivity contribution < 1.29 is 0 Å². The Kier molecular flexibility index (Phi) is 3.15. The number of hydrogen-bond acceptors (Lipinski definition) is 1. The van der Waals surface area contributed by atoms with Crippen LogP contribution in [0.3, 0.4) is 0 Å². The summed E-state index contributed by atoms with van der Waals surface area (Å²) in [5, 5.41) is 3.68. The lowest BCUT2D eigenvalue weighted by molar-refractivity contribution is 0.166. The molecule has 2 rings (SSSR count). The monoisotopic (exact) mass is 206 g/mol. The highest BCUT2D eigenvalue weighted by atomic mass is 14.9. The van der Waals surface area contributed by atoms with Crippen LogP contribution in [-0.2, 0) is 6.54 Å². The SMILES string of the molecule is CC1(C)CCCCC1NCc1ccc[nH]1. The molecular weight excluding hydrogens is 184 g/mol. The Labute approximate surface area is 92.5 Å². The van der Waals surface area contributed by atoms with E-state index in [4.69, 9.17) is 0 Å². The lowest BCUT2D eigenvalue weighted by Crippen LogP contribution is -2.43. The Bertz CT molecular complexity index is 287. The summed E-state index contributed by atoms with van der Waals surface area (Å²) in [7, 11) is 0. The first-order valence-electron chi connectivity index (χ1n) is 6.04. The molecule has 1 heterocycles. The molecular formula is C13H22N2. The van der Waals surface area contributed by atoms with Crippen molar-refractivity contribution in [2.24, 2.45) is 5.41 Å². The summed E-state index contributed by atoms with van der Waals surface area (Å²) in [4.78, 5) is 3.24. The first-order valence-corrected chi connectivity index (χ1v) is 6.04. The summed E-state index contributed by atoms with van der Waals surface area (Å²) >= 11 is 0. The molecule has 0 amide bonds. The average Bonchev–Trinajstić information content (AvgIpc) is 2.68. The van der Waals surface area contributed by atoms with Gasteiger partial charge in [0.25, 0.3) is 0 Å². The van der Waals surface area contributed by atoms with Gasteiger partial charge < -0.3 is 10.3 Å². The van der Waals surface area contributed by atoms with E-state index < -0.39 is 0 Å². The van der Waals surface area contributed by atoms with Crippen LogP contribution in [0.4, 0.5) is 0 Å². The van der Waals surface area contributed by atoms with E-state index in [1.165, 1.54) is 31.4 Å². The van der Waals surface area contributed by atoms with Crippen LogP contribution in [-0.4, -0.2) is 11.0 Å². The Balaban J connectivity index is 1.88. The van der Waals surface area contributed by atoms with Gasteiger partial charge in [-0.2, -0.15) is 0 Å². The van der Waals surface area contributed by atoms with Crippen LogP contribution in [0, 0.1) is 5.41 Å². The van der Waals surface area contributed by atoms with E-state index in [0.29, 0.717) is 11.5 Å². The van der Waals surface area contributed by atoms with Gasteiger partial charge in [0.15, 0.2) is 0 Å². The van der Waals surface area contributed by atoms with E-state index in [1.807, 2.05) is 6.20 Å². The highest BCUT2D eigenvalue weighted by Gasteiger charge is 2.31. The zero-order valence-electron chi connectivity index (χ0n) is 9.84. The normalized spacial score (nSPS) is 25.3. The maximum absolute atomic E-state index is 3.68. The predicted molar refractivity (Wildman–Crippen MR) is 63.7 cm³/mol. The van der Waals surface area contributed by atoms with E-state index in [2.05, 4.69) is 36.3 Å². The molecule has 1 fully saturated rings. The van der Waals surface area contributed by atoms with Crippen molar-refractivity contribution in [2.75, 3.05) is 0 Å². The third-order valence-electron chi connectivity index (χ3n) is 3.71. The van der Waals surface area contributed by atoms with Crippen LogP contribution < -0.4 is 5.32 Å². The molecule has 0 bridgehead atoms. The molecule has 84 valence electrons. The number of nitrogens with one attached hydrogen (secondary N) is 2. The molecule has 0 radical (unpaired) electrons. The van der Waals surface area contributed by atoms with Crippen LogP contribution in [0.15, 0.2) is 18.3 Å². The molecule has 1 unspecified atom stereocenters. The topological polar surface area (TPSA) is 27.8 Å². The van der Waals surface area contributed by atoms with E-state index >= 15 is 0 Å². The van der Waals surface area contributed by atoms with E-state index in [0.717, 1.165) is 6.54 Å². The van der Waals surface area contributed by atoms with Gasteiger partial charge in [0.05, 0.1) is 0 Å². The molecule has 0 spiro atoms. The van der Waals surface area contributed by atoms with Crippen molar-refractivity contribution in [3.05, 3.63) is 24.0 Å². The smallest absolute Gasteiger partial charge is 0.0359 e. The molecule has 0 aliphatic heterocycles. The molecule has 2 heteroatoms. The molecule has 0 aromatic carbocycles. The van der Waals surface area contributed by atoms with Gasteiger partial charge in [0, 0.05) is 24.5 Å². The fourth-order valence-electron chi connectivity index (χ4n) is 2.58. The minimum atomic E-state index is 0.463. The quantitative estimate of drug-likeness (QED) is 0.781. The van der Waals surface area contributed by atoms with Crippen molar-refractivity contribution in [3.63, 3.8) is 0 Å². The van der Waals surface area contributed by atoms with E-state index in [-0.39, 0.29) is 0 Å². The van der Waals surface area contributed by atoms with Crippen molar-refractivity contribution in [2.45, 2.75) is 52.1 Å². The lowest BCUT2D eigenvalue weighted by Gasteiger charge is -2.39. The van der Waals surface area contributed by atoms with E-state index in [1.54, 1.807) is 0 Å². The second-order valence-electron chi connectivity index (χ2n) is 5.36. The first-order chi connectivity index (χ1) is 7.18. The second kappa shape index (κ2) is 4.40. The van der Waals surface area contributed by atoms with Crippen LogP contribution in [0.2, 0.25) is 0 Å². The largest absolute Gasteiger partial charge is 0.364 e. The zero-order chi connectivity index (χ0) is 10.7. The van der Waals surface area contributed by atoms with E-state index in [9.17, 15) is 0 Å². The number of aromatic amines is 1. The maximum atomic E-state index is 3.68. The van der Waals surface area contributed by atoms with Crippen LogP contribution in [0.1, 0.15) is 45.2 Å². The van der Waals surface area contributed by atoms with Crippen molar-refractivity contribution in [3.8, 4) is 0 Å². The van der Waals surface area contributed by atoms with Gasteiger partial charge in [-0.3, -0.25) is 0 Å². The molecule has 1 atom stereocenters. The predicted octanol–water partition coefficient (Wildman–Crippen LogP) is 3.07. The Morgan fingerprint density at radius 1 is 1.47 bits per heavy atom. The fourth-order valence-corrected chi connectivity index (χ4v) is 2.58. The maximum Gasteiger partial charge on any atom is 0.0359 e. The van der Waals surface area contributed by atoms with Crippen LogP contribution >= 0.6 is 0 Å². The summed E-state index contributed by atoms with van der Waals surface area (Å²) in [6, 6.07) is 4.88. The highest BCUT2D eigenvalue weighted by molar-refractivity contribution is 5.03. The van der Waals surface area contributed by atoms with Gasteiger partial charge in [-0.05, 0) is 30.4 Å². The van der Waals surface area contributed by atoms with Gasteiger partial charge in [0.1, 0.15) is 0 Å². The van der Waals surface area contributed by atoms with Gasteiger partial charge in [-0.15, -0.1) is 0 Å². The molecule has 1 aliphatic carbocycles. The summed E-state index contributed by atoms with van der Waals surface area (Å²) in [6.45, 7) is 5.75. The minimum absolute atomic E-state index is 0.463. The molecule has 2 N–H and O–H groups in total. The Hall–Kier alpha value is -0.760. The molecule has 15 heavy (non-hydrogen) atoms.